The number of fused-ring (bicyclic) bond motifs is 1. The average molecular weight is 531 g/mol. The number of alkyl halides is 1. The molecule has 0 bridgehead atoms. The second-order valence-corrected chi connectivity index (χ2v) is 11.5. The van der Waals surface area contributed by atoms with Gasteiger partial charge in [-0.15, -0.1) is 11.8 Å². The van der Waals surface area contributed by atoms with Gasteiger partial charge in [0.2, 0.25) is 0 Å². The Morgan fingerprint density at radius 2 is 2.03 bits per heavy atom. The Morgan fingerprint density at radius 3 is 2.75 bits per heavy atom. The Balaban J connectivity index is 1.29. The summed E-state index contributed by atoms with van der Waals surface area (Å²) < 4.78 is 20.9. The quantitative estimate of drug-likeness (QED) is 0.209. The van der Waals surface area contributed by atoms with E-state index >= 15 is 4.39 Å². The van der Waals surface area contributed by atoms with E-state index < -0.39 is 6.17 Å². The van der Waals surface area contributed by atoms with Crippen LogP contribution in [0.3, 0.4) is 0 Å². The number of nitrogens with zero attached hydrogens (tertiary/aromatic N) is 2. The molecule has 1 aliphatic rings. The van der Waals surface area contributed by atoms with Crippen LogP contribution in [0.4, 0.5) is 4.39 Å². The van der Waals surface area contributed by atoms with Crippen LogP contribution in [-0.4, -0.2) is 54.1 Å². The molecule has 0 radical (unpaired) electrons. The summed E-state index contributed by atoms with van der Waals surface area (Å²) in [6.07, 6.45) is 4.16. The molecule has 4 nitrogen and oxygen atoms in total. The number of rotatable bonds is 11. The van der Waals surface area contributed by atoms with Crippen molar-refractivity contribution in [2.24, 2.45) is 5.41 Å². The molecule has 3 aromatic rings. The number of hydrogen-bond acceptors (Lipinski definition) is 5. The number of aryl methyl sites for hydroxylation is 1. The smallest absolute Gasteiger partial charge is 0.127 e. The molecular weight excluding hydrogens is 495 g/mol. The van der Waals surface area contributed by atoms with Gasteiger partial charge < -0.3 is 14.7 Å². The SMILES string of the molecule is COc1ccc2ncc(Cl)c([C@H](F)CCC3(CO)CCN(CCCSc4cccc(C)c4)CC3)c2c1. The van der Waals surface area contributed by atoms with Crippen molar-refractivity contribution in [1.82, 2.24) is 9.88 Å². The van der Waals surface area contributed by atoms with Crippen LogP contribution < -0.4 is 4.74 Å². The van der Waals surface area contributed by atoms with E-state index in [0.29, 0.717) is 40.1 Å². The summed E-state index contributed by atoms with van der Waals surface area (Å²) in [5.74, 6) is 1.75. The predicted octanol–water partition coefficient (Wildman–Crippen LogP) is 7.25. The normalized spacial score (nSPS) is 16.8. The number of aliphatic hydroxyl groups excluding tert-OH is 1. The molecule has 4 rings (SSSR count). The molecule has 0 amide bonds. The molecule has 7 heteroatoms. The zero-order chi connectivity index (χ0) is 25.5. The highest BCUT2D eigenvalue weighted by Gasteiger charge is 2.35. The standard InChI is InChI=1S/C29H36ClFN2O2S/c1-21-5-3-6-23(17-21)36-16-4-13-33-14-11-29(20-34,12-15-33)10-9-26(31)28-24-18-22(35-2)7-8-27(24)32-19-25(28)30/h3,5-8,17-19,26,34H,4,9-16,20H2,1-2H3/t26-/m1/s1. The largest absolute Gasteiger partial charge is 0.497 e. The van der Waals surface area contributed by atoms with Gasteiger partial charge in [0.1, 0.15) is 11.9 Å². The fraction of sp³-hybridized carbons (Fsp3) is 0.483. The van der Waals surface area contributed by atoms with Crippen LogP contribution in [0.15, 0.2) is 53.6 Å². The first-order valence-corrected chi connectivity index (χ1v) is 14.1. The van der Waals surface area contributed by atoms with E-state index in [4.69, 9.17) is 16.3 Å². The molecule has 1 aliphatic heterocycles. The molecule has 0 unspecified atom stereocenters. The van der Waals surface area contributed by atoms with Gasteiger partial charge in [0.15, 0.2) is 0 Å². The highest BCUT2D eigenvalue weighted by molar-refractivity contribution is 7.99. The number of piperidine rings is 1. The van der Waals surface area contributed by atoms with E-state index in [-0.39, 0.29) is 12.0 Å². The summed E-state index contributed by atoms with van der Waals surface area (Å²) in [5.41, 5.74) is 2.23. The second-order valence-electron chi connectivity index (χ2n) is 9.93. The molecule has 1 atom stereocenters. The first-order chi connectivity index (χ1) is 17.4. The maximum absolute atomic E-state index is 15.6. The lowest BCUT2D eigenvalue weighted by atomic mass is 9.74. The van der Waals surface area contributed by atoms with Gasteiger partial charge in [0.05, 0.1) is 17.6 Å². The third kappa shape index (κ3) is 6.71. The van der Waals surface area contributed by atoms with Gasteiger partial charge in [-0.2, -0.15) is 0 Å². The number of benzene rings is 2. The number of methoxy groups -OCH3 is 1. The molecule has 0 saturated carbocycles. The number of pyridine rings is 1. The highest BCUT2D eigenvalue weighted by Crippen LogP contribution is 2.42. The second kappa shape index (κ2) is 12.6. The molecule has 1 fully saturated rings. The number of aromatic nitrogens is 1. The minimum absolute atomic E-state index is 0.0927. The van der Waals surface area contributed by atoms with Gasteiger partial charge in [-0.25, -0.2) is 4.39 Å². The molecule has 0 spiro atoms. The minimum Gasteiger partial charge on any atom is -0.497 e. The number of aliphatic hydroxyl groups is 1. The Labute approximate surface area is 223 Å². The van der Waals surface area contributed by atoms with Crippen LogP contribution in [0.2, 0.25) is 5.02 Å². The van der Waals surface area contributed by atoms with Crippen molar-refractivity contribution in [2.45, 2.75) is 50.1 Å². The van der Waals surface area contributed by atoms with Gasteiger partial charge in [-0.1, -0.05) is 29.3 Å². The zero-order valence-corrected chi connectivity index (χ0v) is 22.8. The number of thioether (sulfide) groups is 1. The van der Waals surface area contributed by atoms with Gasteiger partial charge in [-0.3, -0.25) is 4.98 Å². The van der Waals surface area contributed by atoms with Crippen LogP contribution in [0, 0.1) is 12.3 Å². The van der Waals surface area contributed by atoms with Crippen molar-refractivity contribution in [3.8, 4) is 5.75 Å². The summed E-state index contributed by atoms with van der Waals surface area (Å²) >= 11 is 8.32. The Morgan fingerprint density at radius 1 is 1.22 bits per heavy atom. The highest BCUT2D eigenvalue weighted by atomic mass is 35.5. The van der Waals surface area contributed by atoms with Crippen molar-refractivity contribution in [3.05, 3.63) is 64.8 Å². The van der Waals surface area contributed by atoms with Crippen LogP contribution >= 0.6 is 23.4 Å². The van der Waals surface area contributed by atoms with Crippen molar-refractivity contribution in [2.75, 3.05) is 39.1 Å². The van der Waals surface area contributed by atoms with Gasteiger partial charge >= 0.3 is 0 Å². The van der Waals surface area contributed by atoms with Gasteiger partial charge in [-0.05, 0) is 100 Å². The van der Waals surface area contributed by atoms with Gasteiger partial charge in [0, 0.05) is 28.6 Å². The Kier molecular flexibility index (Phi) is 9.51. The predicted molar refractivity (Wildman–Crippen MR) is 148 cm³/mol. The molecule has 1 aromatic heterocycles. The van der Waals surface area contributed by atoms with Crippen molar-refractivity contribution >= 4 is 34.3 Å². The summed E-state index contributed by atoms with van der Waals surface area (Å²) in [4.78, 5) is 8.15. The molecule has 194 valence electrons. The lowest BCUT2D eigenvalue weighted by molar-refractivity contribution is 0.0304. The fourth-order valence-corrected chi connectivity index (χ4v) is 6.33. The van der Waals surface area contributed by atoms with Gasteiger partial charge in [0.25, 0.3) is 0 Å². The molecule has 1 N–H and O–H groups in total. The molecule has 1 saturated heterocycles. The van der Waals surface area contributed by atoms with Crippen LogP contribution in [0.5, 0.6) is 5.75 Å². The van der Waals surface area contributed by atoms with E-state index in [1.165, 1.54) is 16.7 Å². The molecule has 0 aliphatic carbocycles. The summed E-state index contributed by atoms with van der Waals surface area (Å²) in [6.45, 7) is 5.18. The van der Waals surface area contributed by atoms with E-state index in [0.717, 1.165) is 44.6 Å². The monoisotopic (exact) mass is 530 g/mol. The van der Waals surface area contributed by atoms with E-state index in [2.05, 4.69) is 41.1 Å². The van der Waals surface area contributed by atoms with Crippen molar-refractivity contribution < 1.29 is 14.2 Å². The number of likely N-dealkylation sites (tertiary alicyclic amines) is 1. The van der Waals surface area contributed by atoms with Crippen LogP contribution in [-0.2, 0) is 0 Å². The summed E-state index contributed by atoms with van der Waals surface area (Å²) in [6, 6.07) is 14.1. The maximum Gasteiger partial charge on any atom is 0.127 e. The van der Waals surface area contributed by atoms with Crippen molar-refractivity contribution in [1.29, 1.82) is 0 Å². The first kappa shape index (κ1) is 27.2. The Bertz CT molecular complexity index is 1150. The van der Waals surface area contributed by atoms with E-state index in [1.54, 1.807) is 13.2 Å². The third-order valence-corrected chi connectivity index (χ3v) is 8.82. The lowest BCUT2D eigenvalue weighted by Crippen LogP contribution is -2.42. The topological polar surface area (TPSA) is 45.6 Å². The molecule has 36 heavy (non-hydrogen) atoms. The minimum atomic E-state index is -1.23. The number of hydrogen-bond donors (Lipinski definition) is 1. The maximum atomic E-state index is 15.6. The molecular formula is C29H36ClFN2O2S. The molecule has 2 aromatic carbocycles. The fourth-order valence-electron chi connectivity index (χ4n) is 5.11. The lowest BCUT2D eigenvalue weighted by Gasteiger charge is -2.41. The zero-order valence-electron chi connectivity index (χ0n) is 21.2. The third-order valence-electron chi connectivity index (χ3n) is 7.44. The van der Waals surface area contributed by atoms with Crippen LogP contribution in [0.1, 0.15) is 49.4 Å². The number of halogens is 2. The summed E-state index contributed by atoms with van der Waals surface area (Å²) in [7, 11) is 1.59. The average Bonchev–Trinajstić information content (AvgIpc) is 2.90. The van der Waals surface area contributed by atoms with E-state index in [9.17, 15) is 5.11 Å². The summed E-state index contributed by atoms with van der Waals surface area (Å²) in [5, 5.41) is 11.3. The Hall–Kier alpha value is -1.86. The van der Waals surface area contributed by atoms with Crippen LogP contribution in [0.25, 0.3) is 10.9 Å². The van der Waals surface area contributed by atoms with Crippen molar-refractivity contribution in [3.63, 3.8) is 0 Å². The van der Waals surface area contributed by atoms with E-state index in [1.807, 2.05) is 23.9 Å². The first-order valence-electron chi connectivity index (χ1n) is 12.7. The number of ether oxygens (including phenoxy) is 1. The molecule has 2 heterocycles.